The molecule has 0 radical (unpaired) electrons. The maximum Gasteiger partial charge on any atom is 0.225 e. The van der Waals surface area contributed by atoms with Crippen molar-refractivity contribution < 1.29 is 4.79 Å². The third-order valence-electron chi connectivity index (χ3n) is 4.16. The maximum atomic E-state index is 12.5. The fourth-order valence-electron chi connectivity index (χ4n) is 2.82. The average Bonchev–Trinajstić information content (AvgIpc) is 2.39. The van der Waals surface area contributed by atoms with E-state index in [2.05, 4.69) is 21.2 Å². The van der Waals surface area contributed by atoms with Gasteiger partial charge in [-0.05, 0) is 44.4 Å². The van der Waals surface area contributed by atoms with Crippen molar-refractivity contribution in [1.29, 1.82) is 0 Å². The first-order valence-corrected chi connectivity index (χ1v) is 8.03. The summed E-state index contributed by atoms with van der Waals surface area (Å²) in [4.78, 5) is 12.5. The van der Waals surface area contributed by atoms with E-state index in [1.807, 2.05) is 38.1 Å². The Hall–Kier alpha value is -0.870. The summed E-state index contributed by atoms with van der Waals surface area (Å²) >= 11 is 3.43. The molecule has 0 aliphatic heterocycles. The Morgan fingerprint density at radius 3 is 2.45 bits per heavy atom. The topological polar surface area (TPSA) is 55.1 Å². The first-order valence-electron chi connectivity index (χ1n) is 7.24. The van der Waals surface area contributed by atoms with Gasteiger partial charge in [-0.2, -0.15) is 0 Å². The number of rotatable bonds is 3. The van der Waals surface area contributed by atoms with Crippen molar-refractivity contribution in [3.05, 3.63) is 34.3 Å². The zero-order valence-corrected chi connectivity index (χ0v) is 13.7. The molecule has 1 aromatic carbocycles. The molecule has 1 aliphatic rings. The van der Waals surface area contributed by atoms with E-state index in [0.29, 0.717) is 0 Å². The Morgan fingerprint density at radius 1 is 1.25 bits per heavy atom. The fourth-order valence-corrected chi connectivity index (χ4v) is 3.09. The lowest BCUT2D eigenvalue weighted by molar-refractivity contribution is -0.128. The fraction of sp³-hybridized carbons (Fsp3) is 0.562. The molecule has 0 spiro atoms. The van der Waals surface area contributed by atoms with Crippen molar-refractivity contribution >= 4 is 21.8 Å². The van der Waals surface area contributed by atoms with E-state index in [1.54, 1.807) is 0 Å². The third kappa shape index (κ3) is 3.61. The lowest BCUT2D eigenvalue weighted by Crippen LogP contribution is -2.49. The van der Waals surface area contributed by atoms with Gasteiger partial charge in [-0.3, -0.25) is 4.79 Å². The van der Waals surface area contributed by atoms with Crippen LogP contribution in [0.5, 0.6) is 0 Å². The van der Waals surface area contributed by atoms with Crippen LogP contribution in [0.4, 0.5) is 0 Å². The molecule has 20 heavy (non-hydrogen) atoms. The zero-order chi connectivity index (χ0) is 14.8. The molecule has 2 rings (SSSR count). The number of amides is 1. The van der Waals surface area contributed by atoms with Gasteiger partial charge in [0.05, 0.1) is 11.5 Å². The SMILES string of the molecule is CC(C)(NC(=O)C1CCCCC1N)c1ccc(Br)cc1. The molecule has 2 unspecified atom stereocenters. The number of hydrogen-bond donors (Lipinski definition) is 2. The number of hydrogen-bond acceptors (Lipinski definition) is 2. The number of carbonyl (C=O) groups excluding carboxylic acids is 1. The van der Waals surface area contributed by atoms with Crippen LogP contribution in [0.15, 0.2) is 28.7 Å². The normalized spacial score (nSPS) is 23.4. The summed E-state index contributed by atoms with van der Waals surface area (Å²) in [6.45, 7) is 4.06. The van der Waals surface area contributed by atoms with Crippen LogP contribution in [0.1, 0.15) is 45.1 Å². The van der Waals surface area contributed by atoms with Gasteiger partial charge in [-0.25, -0.2) is 0 Å². The highest BCUT2D eigenvalue weighted by Crippen LogP contribution is 2.26. The van der Waals surface area contributed by atoms with Gasteiger partial charge in [0.1, 0.15) is 0 Å². The number of carbonyl (C=O) groups is 1. The van der Waals surface area contributed by atoms with Crippen LogP contribution >= 0.6 is 15.9 Å². The van der Waals surface area contributed by atoms with E-state index in [9.17, 15) is 4.79 Å². The minimum Gasteiger partial charge on any atom is -0.347 e. The summed E-state index contributed by atoms with van der Waals surface area (Å²) in [5.74, 6) is 0.0450. The van der Waals surface area contributed by atoms with Crippen LogP contribution in [0.2, 0.25) is 0 Å². The molecule has 1 aliphatic carbocycles. The van der Waals surface area contributed by atoms with Gasteiger partial charge in [-0.1, -0.05) is 40.9 Å². The quantitative estimate of drug-likeness (QED) is 0.888. The van der Waals surface area contributed by atoms with Crippen LogP contribution in [0.25, 0.3) is 0 Å². The highest BCUT2D eigenvalue weighted by atomic mass is 79.9. The molecule has 0 aromatic heterocycles. The monoisotopic (exact) mass is 338 g/mol. The molecule has 0 bridgehead atoms. The van der Waals surface area contributed by atoms with Gasteiger partial charge in [0.2, 0.25) is 5.91 Å². The first kappa shape index (κ1) is 15.5. The number of halogens is 1. The van der Waals surface area contributed by atoms with Crippen molar-refractivity contribution in [2.75, 3.05) is 0 Å². The molecule has 110 valence electrons. The van der Waals surface area contributed by atoms with Crippen molar-refractivity contribution in [2.45, 2.75) is 51.1 Å². The maximum absolute atomic E-state index is 12.5. The molecular formula is C16H23BrN2O. The molecule has 1 aromatic rings. The Bertz CT molecular complexity index is 470. The third-order valence-corrected chi connectivity index (χ3v) is 4.69. The van der Waals surface area contributed by atoms with E-state index < -0.39 is 0 Å². The molecule has 4 heteroatoms. The molecule has 1 fully saturated rings. The van der Waals surface area contributed by atoms with E-state index in [1.165, 1.54) is 0 Å². The van der Waals surface area contributed by atoms with E-state index in [-0.39, 0.29) is 23.4 Å². The van der Waals surface area contributed by atoms with Gasteiger partial charge < -0.3 is 11.1 Å². The van der Waals surface area contributed by atoms with Crippen LogP contribution in [0, 0.1) is 5.92 Å². The van der Waals surface area contributed by atoms with Crippen molar-refractivity contribution in [3.8, 4) is 0 Å². The average molecular weight is 339 g/mol. The lowest BCUT2D eigenvalue weighted by Gasteiger charge is -2.33. The summed E-state index contributed by atoms with van der Waals surface area (Å²) in [5.41, 5.74) is 6.81. The summed E-state index contributed by atoms with van der Waals surface area (Å²) in [7, 11) is 0. The van der Waals surface area contributed by atoms with E-state index >= 15 is 0 Å². The smallest absolute Gasteiger partial charge is 0.225 e. The highest BCUT2D eigenvalue weighted by Gasteiger charge is 2.32. The van der Waals surface area contributed by atoms with Crippen molar-refractivity contribution in [3.63, 3.8) is 0 Å². The largest absolute Gasteiger partial charge is 0.347 e. The molecule has 3 N–H and O–H groups in total. The van der Waals surface area contributed by atoms with E-state index in [4.69, 9.17) is 5.73 Å². The van der Waals surface area contributed by atoms with Crippen LogP contribution in [0.3, 0.4) is 0 Å². The van der Waals surface area contributed by atoms with Crippen LogP contribution < -0.4 is 11.1 Å². The molecule has 1 amide bonds. The molecule has 2 atom stereocenters. The van der Waals surface area contributed by atoms with Crippen LogP contribution in [-0.2, 0) is 10.3 Å². The molecule has 1 saturated carbocycles. The molecule has 0 heterocycles. The summed E-state index contributed by atoms with van der Waals surface area (Å²) in [5, 5.41) is 3.16. The number of nitrogens with one attached hydrogen (secondary N) is 1. The summed E-state index contributed by atoms with van der Waals surface area (Å²) < 4.78 is 1.04. The van der Waals surface area contributed by atoms with Crippen molar-refractivity contribution in [1.82, 2.24) is 5.32 Å². The molecule has 0 saturated heterocycles. The van der Waals surface area contributed by atoms with E-state index in [0.717, 1.165) is 35.7 Å². The van der Waals surface area contributed by atoms with Gasteiger partial charge in [0.15, 0.2) is 0 Å². The second-order valence-electron chi connectivity index (χ2n) is 6.18. The number of benzene rings is 1. The van der Waals surface area contributed by atoms with Crippen LogP contribution in [-0.4, -0.2) is 11.9 Å². The minimum absolute atomic E-state index is 0.00414. The first-order chi connectivity index (χ1) is 9.40. The predicted octanol–water partition coefficient (Wildman–Crippen LogP) is 3.32. The predicted molar refractivity (Wildman–Crippen MR) is 85.2 cm³/mol. The van der Waals surface area contributed by atoms with Gasteiger partial charge in [-0.15, -0.1) is 0 Å². The summed E-state index contributed by atoms with van der Waals surface area (Å²) in [6, 6.07) is 8.06. The van der Waals surface area contributed by atoms with Gasteiger partial charge in [0.25, 0.3) is 0 Å². The standard InChI is InChI=1S/C16H23BrN2O/c1-16(2,11-7-9-12(17)10-8-11)19-15(20)13-5-3-4-6-14(13)18/h7-10,13-14H,3-6,18H2,1-2H3,(H,19,20). The zero-order valence-electron chi connectivity index (χ0n) is 12.2. The number of nitrogens with two attached hydrogens (primary N) is 1. The molecule has 3 nitrogen and oxygen atoms in total. The molecular weight excluding hydrogens is 316 g/mol. The Balaban J connectivity index is 2.07. The Kier molecular flexibility index (Phi) is 4.86. The lowest BCUT2D eigenvalue weighted by atomic mass is 9.83. The van der Waals surface area contributed by atoms with Gasteiger partial charge >= 0.3 is 0 Å². The highest BCUT2D eigenvalue weighted by molar-refractivity contribution is 9.10. The Labute approximate surface area is 129 Å². The minimum atomic E-state index is -0.380. The van der Waals surface area contributed by atoms with Gasteiger partial charge in [0, 0.05) is 10.5 Å². The second-order valence-corrected chi connectivity index (χ2v) is 7.09. The second kappa shape index (κ2) is 6.27. The Morgan fingerprint density at radius 2 is 1.85 bits per heavy atom. The summed E-state index contributed by atoms with van der Waals surface area (Å²) in [6.07, 6.45) is 4.10. The van der Waals surface area contributed by atoms with Crippen molar-refractivity contribution in [2.24, 2.45) is 11.7 Å².